The normalized spacial score (nSPS) is 1.00. The van der Waals surface area contributed by atoms with Crippen LogP contribution in [0.2, 0.25) is 0 Å². The van der Waals surface area contributed by atoms with E-state index in [0.717, 1.165) is 0 Å². The molecule has 1 radical (unpaired) electrons. The maximum atomic E-state index is 8.06. The van der Waals surface area contributed by atoms with E-state index in [-0.39, 0.29) is 35.9 Å². The van der Waals surface area contributed by atoms with Crippen molar-refractivity contribution in [3.05, 3.63) is 0 Å². The second kappa shape index (κ2) is 25.4. The first-order valence-corrected chi connectivity index (χ1v) is 0.636. The molecule has 22 valence electrons. The summed E-state index contributed by atoms with van der Waals surface area (Å²) >= 11 is 1.69. The molecule has 0 bridgehead atoms. The molecule has 0 aromatic rings. The fraction of sp³-hybridized carbons (Fsp3) is 0. The van der Waals surface area contributed by atoms with Crippen LogP contribution in [-0.2, 0) is 36.8 Å². The Bertz CT molecular complexity index is 6.00. The van der Waals surface area contributed by atoms with Crippen LogP contribution in [0.5, 0.6) is 0 Å². The van der Waals surface area contributed by atoms with Crippen LogP contribution in [0, 0.1) is 0 Å². The predicted molar refractivity (Wildman–Crippen MR) is 7.84 cm³/mol. The summed E-state index contributed by atoms with van der Waals surface area (Å²) < 4.78 is 8.06. The van der Waals surface area contributed by atoms with Gasteiger partial charge in [0.1, 0.15) is 0 Å². The van der Waals surface area contributed by atoms with Crippen LogP contribution in [-0.4, -0.2) is 18.9 Å². The van der Waals surface area contributed by atoms with Crippen molar-refractivity contribution in [1.29, 1.82) is 0 Å². The summed E-state index contributed by atoms with van der Waals surface area (Å²) in [6.07, 6.45) is 0. The van der Waals surface area contributed by atoms with Crippen molar-refractivity contribution in [2.24, 2.45) is 0 Å². The van der Waals surface area contributed by atoms with Crippen molar-refractivity contribution in [1.82, 2.24) is 0 Å². The third kappa shape index (κ3) is 9.89. The summed E-state index contributed by atoms with van der Waals surface area (Å²) in [5.41, 5.74) is 0. The van der Waals surface area contributed by atoms with Crippen LogP contribution < -0.4 is 0 Å². The molecular weight excluding hydrogens is 133 g/mol. The van der Waals surface area contributed by atoms with Crippen LogP contribution in [0.1, 0.15) is 0 Å². The molecule has 0 N–H and O–H groups in total. The molecule has 0 unspecified atom stereocenters. The second-order valence-corrected chi connectivity index (χ2v) is 0. The van der Waals surface area contributed by atoms with Crippen LogP contribution in [0.15, 0.2) is 0 Å². The third-order valence-corrected chi connectivity index (χ3v) is 0. The van der Waals surface area contributed by atoms with Crippen molar-refractivity contribution in [2.75, 3.05) is 0 Å². The Morgan fingerprint density at radius 3 is 1.25 bits per heavy atom. The molecule has 0 rings (SSSR count). The number of rotatable bonds is 0. The van der Waals surface area contributed by atoms with Gasteiger partial charge in [0.05, 0.1) is 0 Å². The van der Waals surface area contributed by atoms with Gasteiger partial charge >= 0.3 is 38.6 Å². The summed E-state index contributed by atoms with van der Waals surface area (Å²) in [5.74, 6) is 0. The summed E-state index contributed by atoms with van der Waals surface area (Å²) in [7, 11) is 0. The van der Waals surface area contributed by atoms with Gasteiger partial charge in [-0.15, -0.1) is 0 Å². The average molecular weight is 134 g/mol. The van der Waals surface area contributed by atoms with Crippen molar-refractivity contribution in [3.63, 3.8) is 0 Å². The molecule has 0 aromatic carbocycles. The van der Waals surface area contributed by atoms with Gasteiger partial charge in [-0.3, -0.25) is 0 Å². The van der Waals surface area contributed by atoms with Gasteiger partial charge in [-0.05, 0) is 0 Å². The molecule has 0 fully saturated rings. The van der Waals surface area contributed by atoms with Crippen LogP contribution >= 0.6 is 0 Å². The molecule has 0 saturated heterocycles. The molecule has 0 aliphatic carbocycles. The van der Waals surface area contributed by atoms with Gasteiger partial charge in [0, 0.05) is 17.1 Å². The quantitative estimate of drug-likeness (QED) is 0.397. The molecule has 4 heavy (non-hydrogen) atoms. The van der Waals surface area contributed by atoms with Crippen LogP contribution in [0.3, 0.4) is 0 Å². The van der Waals surface area contributed by atoms with E-state index in [4.69, 9.17) is 3.83 Å². The van der Waals surface area contributed by atoms with E-state index in [9.17, 15) is 0 Å². The zero-order valence-corrected chi connectivity index (χ0v) is 3.53. The summed E-state index contributed by atoms with van der Waals surface area (Å²) in [6.45, 7) is 0. The van der Waals surface area contributed by atoms with Crippen LogP contribution in [0.25, 0.3) is 0 Å². The van der Waals surface area contributed by atoms with Gasteiger partial charge in [-0.1, -0.05) is 0 Å². The Hall–Kier alpha value is 1.44. The first-order valence-electron chi connectivity index (χ1n) is 0.154. The van der Waals surface area contributed by atoms with Gasteiger partial charge in [0.25, 0.3) is 0 Å². The molecule has 4 heteroatoms. The average Bonchev–Trinajstić information content (AvgIpc) is 1.00. The van der Waals surface area contributed by atoms with Crippen molar-refractivity contribution < 1.29 is 36.8 Å². The Morgan fingerprint density at radius 2 is 1.25 bits per heavy atom. The topological polar surface area (TPSA) is 17.1 Å². The van der Waals surface area contributed by atoms with Crippen LogP contribution in [0.4, 0.5) is 0 Å². The molecule has 0 aliphatic heterocycles. The van der Waals surface area contributed by atoms with Gasteiger partial charge in [-0.25, -0.2) is 0 Å². The van der Waals surface area contributed by atoms with E-state index in [2.05, 4.69) is 0 Å². The molecular formula is HLiMn2O. The van der Waals surface area contributed by atoms with E-state index in [1.165, 1.54) is 0 Å². The second-order valence-electron chi connectivity index (χ2n) is 0. The minimum atomic E-state index is 0. The van der Waals surface area contributed by atoms with Crippen molar-refractivity contribution >= 4 is 18.9 Å². The molecule has 0 aliphatic rings. The minimum absolute atomic E-state index is 0. The molecule has 0 amide bonds. The van der Waals surface area contributed by atoms with Gasteiger partial charge < -0.3 is 0 Å². The molecule has 0 heterocycles. The summed E-state index contributed by atoms with van der Waals surface area (Å²) in [4.78, 5) is 0. The Balaban J connectivity index is -0.00000000500. The number of hydrogen-bond acceptors (Lipinski definition) is 1. The van der Waals surface area contributed by atoms with E-state index in [1.807, 2.05) is 0 Å². The first kappa shape index (κ1) is 18.0. The summed E-state index contributed by atoms with van der Waals surface area (Å²) in [6, 6.07) is 0. The zero-order chi connectivity index (χ0) is 2.00. The molecule has 1 nitrogen and oxygen atoms in total. The first-order chi connectivity index (χ1) is 1.00. The zero-order valence-electron chi connectivity index (χ0n) is 1.16. The Labute approximate surface area is 55.6 Å². The predicted octanol–water partition coefficient (Wildman–Crippen LogP) is -0.772. The molecule has 0 aromatic heterocycles. The summed E-state index contributed by atoms with van der Waals surface area (Å²) in [5, 5.41) is 0. The molecule has 0 spiro atoms. The third-order valence-electron chi connectivity index (χ3n) is 0. The Kier molecular flexibility index (Phi) is 114. The van der Waals surface area contributed by atoms with E-state index in [1.54, 1.807) is 15.9 Å². The van der Waals surface area contributed by atoms with E-state index in [0.29, 0.717) is 0 Å². The number of hydrogen-bond donors (Lipinski definition) is 0. The van der Waals surface area contributed by atoms with Gasteiger partial charge in [0.2, 0.25) is 0 Å². The fourth-order valence-electron chi connectivity index (χ4n) is 0. The molecule has 0 saturated carbocycles. The fourth-order valence-corrected chi connectivity index (χ4v) is 0. The van der Waals surface area contributed by atoms with Crippen molar-refractivity contribution in [2.45, 2.75) is 0 Å². The monoisotopic (exact) mass is 134 g/mol. The molecule has 0 atom stereocenters. The SMILES string of the molecule is [LiH].[Mn].[O]=[Mn]. The maximum absolute atomic E-state index is 8.06. The van der Waals surface area contributed by atoms with E-state index < -0.39 is 0 Å². The van der Waals surface area contributed by atoms with E-state index >= 15 is 0 Å². The Morgan fingerprint density at radius 1 is 1.25 bits per heavy atom. The standard InChI is InChI=1S/Li.2Mn.O.H. The van der Waals surface area contributed by atoms with Gasteiger partial charge in [0.15, 0.2) is 0 Å². The van der Waals surface area contributed by atoms with Gasteiger partial charge in [-0.2, -0.15) is 0 Å². The van der Waals surface area contributed by atoms with Crippen molar-refractivity contribution in [3.8, 4) is 0 Å².